The van der Waals surface area contributed by atoms with Gasteiger partial charge in [0.15, 0.2) is 0 Å². The van der Waals surface area contributed by atoms with Crippen LogP contribution in [0.5, 0.6) is 0 Å². The zero-order valence-electron chi connectivity index (χ0n) is 3.65. The van der Waals surface area contributed by atoms with Crippen molar-refractivity contribution in [2.45, 2.75) is 13.2 Å². The molecule has 1 nitrogen and oxygen atoms in total. The van der Waals surface area contributed by atoms with Crippen LogP contribution in [-0.4, -0.2) is 13.8 Å². The predicted octanol–water partition coefficient (Wildman–Crippen LogP) is 1.03. The van der Waals surface area contributed by atoms with E-state index in [-0.39, 0.29) is 0 Å². The zero-order chi connectivity index (χ0) is 4.83. The molecular weight excluding hydrogens is 189 g/mol. The van der Waals surface area contributed by atoms with Crippen LogP contribution in [0.25, 0.3) is 0 Å². The van der Waals surface area contributed by atoms with Crippen molar-refractivity contribution in [3.63, 3.8) is 0 Å². The van der Waals surface area contributed by atoms with Crippen LogP contribution in [0.4, 0.5) is 0 Å². The van der Waals surface area contributed by atoms with Crippen molar-refractivity contribution in [1.29, 1.82) is 0 Å². The van der Waals surface area contributed by atoms with Crippen molar-refractivity contribution in [2.75, 3.05) is 0 Å². The van der Waals surface area contributed by atoms with Crippen molar-refractivity contribution < 1.29 is 2.98 Å². The molecule has 0 amide bonds. The van der Waals surface area contributed by atoms with Crippen LogP contribution in [0.3, 0.4) is 0 Å². The summed E-state index contributed by atoms with van der Waals surface area (Å²) in [6.07, 6.45) is 1.04. The standard InChI is InChI=1S/C2H5B2IO/c1-2-3-4-6-5/h2H2,1H3. The number of hydrogen-bond donors (Lipinski definition) is 0. The second kappa shape index (κ2) is 5.66. The number of halogens is 1. The molecule has 0 unspecified atom stereocenters. The second-order valence-electron chi connectivity index (χ2n) is 0.869. The van der Waals surface area contributed by atoms with Crippen LogP contribution in [0.2, 0.25) is 6.32 Å². The number of rotatable bonds is 2. The Morgan fingerprint density at radius 2 is 2.50 bits per heavy atom. The fraction of sp³-hybridized carbons (Fsp3) is 1.00. The van der Waals surface area contributed by atoms with Crippen molar-refractivity contribution in [3.05, 3.63) is 0 Å². The SMILES string of the molecule is CCB=BOI. The van der Waals surface area contributed by atoms with Crippen molar-refractivity contribution in [2.24, 2.45) is 0 Å². The summed E-state index contributed by atoms with van der Waals surface area (Å²) >= 11 is 1.82. The third-order valence-electron chi connectivity index (χ3n) is 0.383. The van der Waals surface area contributed by atoms with Crippen molar-refractivity contribution >= 4 is 36.8 Å². The van der Waals surface area contributed by atoms with Gasteiger partial charge in [-0.3, -0.25) is 0 Å². The molecule has 0 spiro atoms. The van der Waals surface area contributed by atoms with Gasteiger partial charge in [0.2, 0.25) is 0 Å². The zero-order valence-corrected chi connectivity index (χ0v) is 5.81. The Balaban J connectivity index is 2.73. The van der Waals surface area contributed by atoms with E-state index in [2.05, 4.69) is 9.91 Å². The Bertz CT molecular complexity index is 40.8. The van der Waals surface area contributed by atoms with Crippen LogP contribution in [-0.2, 0) is 2.98 Å². The van der Waals surface area contributed by atoms with Gasteiger partial charge in [-0.2, -0.15) is 0 Å². The van der Waals surface area contributed by atoms with E-state index in [1.807, 2.05) is 29.8 Å². The summed E-state index contributed by atoms with van der Waals surface area (Å²) in [4.78, 5) is 0. The fourth-order valence-electron chi connectivity index (χ4n) is 0.133. The van der Waals surface area contributed by atoms with E-state index in [1.54, 1.807) is 7.00 Å². The van der Waals surface area contributed by atoms with E-state index in [0.29, 0.717) is 0 Å². The van der Waals surface area contributed by atoms with E-state index in [1.165, 1.54) is 0 Å². The molecule has 0 aromatic heterocycles. The first-order valence-corrected chi connectivity index (χ1v) is 2.72. The van der Waals surface area contributed by atoms with Gasteiger partial charge in [0.1, 0.15) is 0 Å². The molecule has 6 heavy (non-hydrogen) atoms. The molecule has 0 aliphatic heterocycles. The van der Waals surface area contributed by atoms with Crippen LogP contribution in [0, 0.1) is 0 Å². The first-order chi connectivity index (χ1) is 2.91. The van der Waals surface area contributed by atoms with Gasteiger partial charge in [0.25, 0.3) is 0 Å². The summed E-state index contributed by atoms with van der Waals surface area (Å²) in [5.41, 5.74) is 0. The summed E-state index contributed by atoms with van der Waals surface area (Å²) in [5.74, 6) is 0. The maximum atomic E-state index is 4.57. The topological polar surface area (TPSA) is 9.23 Å². The molecule has 4 heteroatoms. The normalized spacial score (nSPS) is 7.00. The third kappa shape index (κ3) is 4.66. The first kappa shape index (κ1) is 6.66. The van der Waals surface area contributed by atoms with E-state index in [0.717, 1.165) is 6.32 Å². The van der Waals surface area contributed by atoms with Gasteiger partial charge in [0, 0.05) is 0 Å². The minimum absolute atomic E-state index is 1.04. The molecule has 0 heterocycles. The molecule has 0 fully saturated rings. The van der Waals surface area contributed by atoms with Crippen LogP contribution in [0.1, 0.15) is 6.92 Å². The van der Waals surface area contributed by atoms with E-state index in [4.69, 9.17) is 0 Å². The summed E-state index contributed by atoms with van der Waals surface area (Å²) in [6, 6.07) is 0. The molecule has 0 aliphatic rings. The Morgan fingerprint density at radius 1 is 1.83 bits per heavy atom. The minimum atomic E-state index is 1.04. The quantitative estimate of drug-likeness (QED) is 0.470. The molecule has 32 valence electrons. The van der Waals surface area contributed by atoms with Gasteiger partial charge in [-0.15, -0.1) is 0 Å². The summed E-state index contributed by atoms with van der Waals surface area (Å²) < 4.78 is 4.57. The fourth-order valence-corrected chi connectivity index (χ4v) is 0.340. The molecule has 0 aromatic carbocycles. The Labute approximate surface area is 53.3 Å². The molecule has 0 aliphatic carbocycles. The average molecular weight is 194 g/mol. The maximum absolute atomic E-state index is 4.57. The van der Waals surface area contributed by atoms with Gasteiger partial charge in [-0.05, 0) is 0 Å². The summed E-state index contributed by atoms with van der Waals surface area (Å²) in [5, 5.41) is 0. The van der Waals surface area contributed by atoms with Gasteiger partial charge >= 0.3 is 53.0 Å². The number of hydrogen-bond acceptors (Lipinski definition) is 1. The molecule has 0 aromatic rings. The Hall–Kier alpha value is 0.660. The van der Waals surface area contributed by atoms with Gasteiger partial charge in [0.05, 0.1) is 0 Å². The molecule has 0 rings (SSSR count). The molecule has 0 bridgehead atoms. The van der Waals surface area contributed by atoms with Crippen LogP contribution < -0.4 is 0 Å². The Kier molecular flexibility index (Phi) is 6.28. The molecular formula is C2H5B2IO. The van der Waals surface area contributed by atoms with E-state index >= 15 is 0 Å². The summed E-state index contributed by atoms with van der Waals surface area (Å²) in [7, 11) is 1.67. The molecule has 0 radical (unpaired) electrons. The van der Waals surface area contributed by atoms with Crippen molar-refractivity contribution in [1.82, 2.24) is 0 Å². The Morgan fingerprint density at radius 3 is 2.67 bits per heavy atom. The molecule has 0 saturated heterocycles. The van der Waals surface area contributed by atoms with E-state index < -0.39 is 0 Å². The monoisotopic (exact) mass is 194 g/mol. The average Bonchev–Trinajstić information content (AvgIpc) is 1.61. The summed E-state index contributed by atoms with van der Waals surface area (Å²) in [6.45, 7) is 4.01. The molecule has 0 atom stereocenters. The van der Waals surface area contributed by atoms with Crippen LogP contribution in [0.15, 0.2) is 0 Å². The van der Waals surface area contributed by atoms with E-state index in [9.17, 15) is 0 Å². The van der Waals surface area contributed by atoms with Gasteiger partial charge in [-0.25, -0.2) is 0 Å². The predicted molar refractivity (Wildman–Crippen MR) is 37.1 cm³/mol. The van der Waals surface area contributed by atoms with Crippen molar-refractivity contribution in [3.8, 4) is 0 Å². The van der Waals surface area contributed by atoms with Gasteiger partial charge < -0.3 is 0 Å². The van der Waals surface area contributed by atoms with Gasteiger partial charge in [-0.1, -0.05) is 0 Å². The molecule has 0 N–H and O–H groups in total. The third-order valence-corrected chi connectivity index (χ3v) is 0.677. The second-order valence-corrected chi connectivity index (χ2v) is 1.38. The first-order valence-electron chi connectivity index (χ1n) is 1.84. The van der Waals surface area contributed by atoms with Crippen LogP contribution >= 0.6 is 23.0 Å². The molecule has 0 saturated carbocycles.